The maximum Gasteiger partial charge on any atom is 0.311 e. The summed E-state index contributed by atoms with van der Waals surface area (Å²) in [7, 11) is 0. The zero-order valence-corrected chi connectivity index (χ0v) is 9.12. The van der Waals surface area contributed by atoms with Crippen LogP contribution in [0.15, 0.2) is 18.2 Å². The third kappa shape index (κ3) is 2.55. The summed E-state index contributed by atoms with van der Waals surface area (Å²) in [6, 6.07) is 4.23. The summed E-state index contributed by atoms with van der Waals surface area (Å²) in [6.07, 6.45) is 0. The predicted molar refractivity (Wildman–Crippen MR) is 56.4 cm³/mol. The highest BCUT2D eigenvalue weighted by Gasteiger charge is 2.24. The molecule has 82 valence electrons. The largest absolute Gasteiger partial charge is 0.481 e. The Morgan fingerprint density at radius 3 is 2.40 bits per heavy atom. The average Bonchev–Trinajstić information content (AvgIpc) is 2.08. The van der Waals surface area contributed by atoms with E-state index in [2.05, 4.69) is 0 Å². The van der Waals surface area contributed by atoms with Crippen LogP contribution in [-0.2, 0) is 4.79 Å². The Hall–Kier alpha value is -1.38. The lowest BCUT2D eigenvalue weighted by Gasteiger charge is -2.18. The molecule has 1 N–H and O–H groups in total. The van der Waals surface area contributed by atoms with Crippen molar-refractivity contribution in [2.24, 2.45) is 5.92 Å². The van der Waals surface area contributed by atoms with E-state index in [1.54, 1.807) is 13.0 Å². The molecule has 1 rings (SSSR count). The third-order valence-corrected chi connectivity index (χ3v) is 2.50. The van der Waals surface area contributed by atoms with E-state index in [1.165, 1.54) is 12.1 Å². The first kappa shape index (κ1) is 11.7. The van der Waals surface area contributed by atoms with Crippen molar-refractivity contribution < 1.29 is 14.3 Å². The average molecular weight is 210 g/mol. The fourth-order valence-corrected chi connectivity index (χ4v) is 1.77. The van der Waals surface area contributed by atoms with E-state index in [9.17, 15) is 9.18 Å². The molecular formula is C12H15FO2. The van der Waals surface area contributed by atoms with Crippen molar-refractivity contribution in [3.8, 4) is 0 Å². The Morgan fingerprint density at radius 2 is 2.00 bits per heavy atom. The SMILES string of the molecule is Cc1cc(F)ccc1C(C(=O)O)C(C)C. The first-order chi connectivity index (χ1) is 6.93. The number of hydrogen-bond donors (Lipinski definition) is 1. The van der Waals surface area contributed by atoms with Gasteiger partial charge in [-0.15, -0.1) is 0 Å². The van der Waals surface area contributed by atoms with Gasteiger partial charge >= 0.3 is 5.97 Å². The number of carboxylic acids is 1. The van der Waals surface area contributed by atoms with Gasteiger partial charge in [0, 0.05) is 0 Å². The standard InChI is InChI=1S/C12H15FO2/c1-7(2)11(12(14)15)10-5-4-9(13)6-8(10)3/h4-7,11H,1-3H3,(H,14,15). The number of carbonyl (C=O) groups is 1. The topological polar surface area (TPSA) is 37.3 Å². The van der Waals surface area contributed by atoms with Gasteiger partial charge in [0.2, 0.25) is 0 Å². The highest BCUT2D eigenvalue weighted by atomic mass is 19.1. The lowest BCUT2D eigenvalue weighted by molar-refractivity contribution is -0.139. The minimum atomic E-state index is -0.861. The number of aliphatic carboxylic acids is 1. The monoisotopic (exact) mass is 210 g/mol. The van der Waals surface area contributed by atoms with E-state index in [0.29, 0.717) is 11.1 Å². The van der Waals surface area contributed by atoms with E-state index in [0.717, 1.165) is 0 Å². The highest BCUT2D eigenvalue weighted by Crippen LogP contribution is 2.27. The molecule has 1 unspecified atom stereocenters. The number of hydrogen-bond acceptors (Lipinski definition) is 1. The number of rotatable bonds is 3. The van der Waals surface area contributed by atoms with Crippen LogP contribution in [0.5, 0.6) is 0 Å². The molecular weight excluding hydrogens is 195 g/mol. The van der Waals surface area contributed by atoms with Crippen molar-refractivity contribution in [3.05, 3.63) is 35.1 Å². The van der Waals surface area contributed by atoms with E-state index >= 15 is 0 Å². The van der Waals surface area contributed by atoms with Crippen molar-refractivity contribution in [1.82, 2.24) is 0 Å². The zero-order valence-electron chi connectivity index (χ0n) is 9.12. The molecule has 1 aromatic carbocycles. The maximum absolute atomic E-state index is 12.9. The normalized spacial score (nSPS) is 12.9. The van der Waals surface area contributed by atoms with Crippen LogP contribution in [0, 0.1) is 18.7 Å². The first-order valence-electron chi connectivity index (χ1n) is 4.92. The molecule has 0 fully saturated rings. The van der Waals surface area contributed by atoms with E-state index < -0.39 is 11.9 Å². The Morgan fingerprint density at radius 1 is 1.40 bits per heavy atom. The van der Waals surface area contributed by atoms with Crippen LogP contribution in [0.25, 0.3) is 0 Å². The van der Waals surface area contributed by atoms with Gasteiger partial charge in [0.15, 0.2) is 0 Å². The smallest absolute Gasteiger partial charge is 0.311 e. The summed E-state index contributed by atoms with van der Waals surface area (Å²) in [4.78, 5) is 11.1. The van der Waals surface area contributed by atoms with Gasteiger partial charge in [-0.25, -0.2) is 4.39 Å². The Bertz CT molecular complexity index is 372. The maximum atomic E-state index is 12.9. The predicted octanol–water partition coefficient (Wildman–Crippen LogP) is 2.96. The molecule has 0 aliphatic carbocycles. The van der Waals surface area contributed by atoms with Crippen molar-refractivity contribution >= 4 is 5.97 Å². The molecule has 0 bridgehead atoms. The van der Waals surface area contributed by atoms with Crippen LogP contribution in [0.4, 0.5) is 4.39 Å². The van der Waals surface area contributed by atoms with E-state index in [4.69, 9.17) is 5.11 Å². The second kappa shape index (κ2) is 4.43. The van der Waals surface area contributed by atoms with Gasteiger partial charge in [0.1, 0.15) is 5.82 Å². The molecule has 0 aliphatic heterocycles. The first-order valence-corrected chi connectivity index (χ1v) is 4.92. The molecule has 0 radical (unpaired) electrons. The zero-order chi connectivity index (χ0) is 11.6. The van der Waals surface area contributed by atoms with Gasteiger partial charge in [-0.2, -0.15) is 0 Å². The minimum Gasteiger partial charge on any atom is -0.481 e. The fourth-order valence-electron chi connectivity index (χ4n) is 1.77. The molecule has 15 heavy (non-hydrogen) atoms. The van der Waals surface area contributed by atoms with Gasteiger partial charge in [-0.05, 0) is 36.1 Å². The quantitative estimate of drug-likeness (QED) is 0.832. The van der Waals surface area contributed by atoms with E-state index in [1.807, 2.05) is 13.8 Å². The molecule has 1 atom stereocenters. The van der Waals surface area contributed by atoms with Crippen molar-refractivity contribution in [3.63, 3.8) is 0 Å². The summed E-state index contributed by atoms with van der Waals surface area (Å²) < 4.78 is 12.9. The Balaban J connectivity index is 3.17. The lowest BCUT2D eigenvalue weighted by atomic mass is 9.86. The van der Waals surface area contributed by atoms with Crippen molar-refractivity contribution in [2.75, 3.05) is 0 Å². The fraction of sp³-hybridized carbons (Fsp3) is 0.417. The number of aryl methyl sites for hydroxylation is 1. The molecule has 0 saturated carbocycles. The van der Waals surface area contributed by atoms with Crippen LogP contribution >= 0.6 is 0 Å². The van der Waals surface area contributed by atoms with Gasteiger partial charge < -0.3 is 5.11 Å². The Labute approximate surface area is 88.7 Å². The van der Waals surface area contributed by atoms with Crippen molar-refractivity contribution in [2.45, 2.75) is 26.7 Å². The number of halogens is 1. The van der Waals surface area contributed by atoms with Crippen molar-refractivity contribution in [1.29, 1.82) is 0 Å². The summed E-state index contributed by atoms with van der Waals surface area (Å²) in [5, 5.41) is 9.10. The number of carboxylic acid groups (broad SMARTS) is 1. The van der Waals surface area contributed by atoms with E-state index in [-0.39, 0.29) is 11.7 Å². The molecule has 3 heteroatoms. The highest BCUT2D eigenvalue weighted by molar-refractivity contribution is 5.77. The van der Waals surface area contributed by atoms with Crippen LogP contribution in [0.1, 0.15) is 30.9 Å². The Kier molecular flexibility index (Phi) is 3.45. The second-order valence-corrected chi connectivity index (χ2v) is 4.06. The third-order valence-electron chi connectivity index (χ3n) is 2.50. The summed E-state index contributed by atoms with van der Waals surface area (Å²) in [5.41, 5.74) is 1.38. The van der Waals surface area contributed by atoms with Gasteiger partial charge in [0.05, 0.1) is 5.92 Å². The molecule has 0 aromatic heterocycles. The van der Waals surface area contributed by atoms with Gasteiger partial charge in [0.25, 0.3) is 0 Å². The summed E-state index contributed by atoms with van der Waals surface area (Å²) in [5.74, 6) is -1.76. The van der Waals surface area contributed by atoms with Gasteiger partial charge in [-0.3, -0.25) is 4.79 Å². The van der Waals surface area contributed by atoms with Crippen LogP contribution in [0.3, 0.4) is 0 Å². The van der Waals surface area contributed by atoms with Crippen LogP contribution in [0.2, 0.25) is 0 Å². The minimum absolute atomic E-state index is 0.00772. The molecule has 2 nitrogen and oxygen atoms in total. The van der Waals surface area contributed by atoms with Crippen LogP contribution in [-0.4, -0.2) is 11.1 Å². The van der Waals surface area contributed by atoms with Gasteiger partial charge in [-0.1, -0.05) is 19.9 Å². The molecule has 1 aromatic rings. The molecule has 0 spiro atoms. The lowest BCUT2D eigenvalue weighted by Crippen LogP contribution is -2.18. The second-order valence-electron chi connectivity index (χ2n) is 4.06. The number of benzene rings is 1. The molecule has 0 heterocycles. The molecule has 0 saturated heterocycles. The molecule has 0 aliphatic rings. The molecule has 0 amide bonds. The summed E-state index contributed by atoms with van der Waals surface area (Å²) in [6.45, 7) is 5.43. The van der Waals surface area contributed by atoms with Crippen LogP contribution < -0.4 is 0 Å². The summed E-state index contributed by atoms with van der Waals surface area (Å²) >= 11 is 0.